The topological polar surface area (TPSA) is 46.4 Å². The van der Waals surface area contributed by atoms with Crippen molar-refractivity contribution in [2.75, 3.05) is 14.1 Å². The van der Waals surface area contributed by atoms with Gasteiger partial charge in [-0.2, -0.15) is 0 Å². The molecule has 1 aromatic carbocycles. The summed E-state index contributed by atoms with van der Waals surface area (Å²) in [5, 5.41) is 11.0. The molecule has 0 aliphatic carbocycles. The zero-order chi connectivity index (χ0) is 10.7. The number of rotatable bonds is 3. The summed E-state index contributed by atoms with van der Waals surface area (Å²) in [6, 6.07) is 4.64. The fourth-order valence-electron chi connectivity index (χ4n) is 0.907. The summed E-state index contributed by atoms with van der Waals surface area (Å²) in [5.41, 5.74) is 0.0381. The van der Waals surface area contributed by atoms with E-state index in [0.29, 0.717) is 9.92 Å². The molecule has 0 unspecified atom stereocenters. The summed E-state index contributed by atoms with van der Waals surface area (Å²) in [5.74, 6) is 0. The lowest BCUT2D eigenvalue weighted by atomic mass is 10.3. The van der Waals surface area contributed by atoms with Crippen LogP contribution >= 0.6 is 23.5 Å². The van der Waals surface area contributed by atoms with E-state index in [0.717, 1.165) is 0 Å². The lowest BCUT2D eigenvalue weighted by Gasteiger charge is -2.08. The van der Waals surface area contributed by atoms with Gasteiger partial charge in [-0.1, -0.05) is 11.6 Å². The van der Waals surface area contributed by atoms with Crippen molar-refractivity contribution in [1.82, 2.24) is 4.31 Å². The average Bonchev–Trinajstić information content (AvgIpc) is 2.07. The molecular weight excluding hydrogens is 224 g/mol. The highest BCUT2D eigenvalue weighted by molar-refractivity contribution is 7.97. The molecule has 0 spiro atoms. The third kappa shape index (κ3) is 2.87. The maximum absolute atomic E-state index is 10.7. The van der Waals surface area contributed by atoms with Crippen molar-refractivity contribution in [3.05, 3.63) is 33.3 Å². The summed E-state index contributed by atoms with van der Waals surface area (Å²) >= 11 is 6.97. The van der Waals surface area contributed by atoms with Crippen LogP contribution in [0, 0.1) is 10.1 Å². The van der Waals surface area contributed by atoms with Crippen LogP contribution in [0.2, 0.25) is 5.02 Å². The molecule has 6 heteroatoms. The van der Waals surface area contributed by atoms with E-state index in [1.807, 2.05) is 14.1 Å². The van der Waals surface area contributed by atoms with Crippen LogP contribution in [0.3, 0.4) is 0 Å². The standard InChI is InChI=1S/C8H9ClN2O2S/c1-10(2)14-8-4-3-6(9)5-7(8)11(12)13/h3-5H,1-2H3. The van der Waals surface area contributed by atoms with E-state index in [2.05, 4.69) is 0 Å². The Hall–Kier alpha value is -0.780. The van der Waals surface area contributed by atoms with Crippen molar-refractivity contribution >= 4 is 29.2 Å². The van der Waals surface area contributed by atoms with Gasteiger partial charge in [-0.25, -0.2) is 0 Å². The molecule has 0 amide bonds. The third-order valence-corrected chi connectivity index (χ3v) is 2.54. The van der Waals surface area contributed by atoms with E-state index >= 15 is 0 Å². The van der Waals surface area contributed by atoms with Gasteiger partial charge in [0.25, 0.3) is 5.69 Å². The van der Waals surface area contributed by atoms with Crippen LogP contribution in [0.5, 0.6) is 0 Å². The van der Waals surface area contributed by atoms with E-state index in [1.54, 1.807) is 16.4 Å². The van der Waals surface area contributed by atoms with Gasteiger partial charge in [0.05, 0.1) is 4.92 Å². The number of halogens is 1. The first kappa shape index (κ1) is 11.3. The second kappa shape index (κ2) is 4.63. The van der Waals surface area contributed by atoms with E-state index in [9.17, 15) is 10.1 Å². The summed E-state index contributed by atoms with van der Waals surface area (Å²) in [6.07, 6.45) is 0. The second-order valence-electron chi connectivity index (χ2n) is 2.77. The lowest BCUT2D eigenvalue weighted by Crippen LogP contribution is -2.00. The quantitative estimate of drug-likeness (QED) is 0.457. The molecule has 0 saturated carbocycles. The lowest BCUT2D eigenvalue weighted by molar-refractivity contribution is -0.387. The maximum atomic E-state index is 10.7. The molecule has 0 saturated heterocycles. The molecule has 0 aliphatic rings. The molecule has 4 nitrogen and oxygen atoms in total. The third-order valence-electron chi connectivity index (χ3n) is 1.40. The van der Waals surface area contributed by atoms with Crippen LogP contribution in [-0.4, -0.2) is 23.3 Å². The van der Waals surface area contributed by atoms with Crippen LogP contribution in [0.25, 0.3) is 0 Å². The number of benzene rings is 1. The van der Waals surface area contributed by atoms with Crippen LogP contribution in [0.1, 0.15) is 0 Å². The normalized spacial score (nSPS) is 10.6. The first-order valence-corrected chi connectivity index (χ1v) is 4.95. The van der Waals surface area contributed by atoms with Crippen molar-refractivity contribution in [3.8, 4) is 0 Å². The van der Waals surface area contributed by atoms with Crippen molar-refractivity contribution < 1.29 is 4.92 Å². The van der Waals surface area contributed by atoms with Gasteiger partial charge >= 0.3 is 0 Å². The van der Waals surface area contributed by atoms with Gasteiger partial charge in [0.1, 0.15) is 4.90 Å². The molecule has 0 N–H and O–H groups in total. The average molecular weight is 233 g/mol. The van der Waals surface area contributed by atoms with Gasteiger partial charge in [-0.3, -0.25) is 14.4 Å². The SMILES string of the molecule is CN(C)Sc1ccc(Cl)cc1[N+](=O)[O-]. The van der Waals surface area contributed by atoms with E-state index < -0.39 is 4.92 Å². The minimum atomic E-state index is -0.433. The molecule has 0 aromatic heterocycles. The number of hydrogen-bond donors (Lipinski definition) is 0. The molecule has 76 valence electrons. The molecule has 1 rings (SSSR count). The fraction of sp³-hybridized carbons (Fsp3) is 0.250. The van der Waals surface area contributed by atoms with Crippen LogP contribution in [0.4, 0.5) is 5.69 Å². The molecule has 0 heterocycles. The number of nitrogens with zero attached hydrogens (tertiary/aromatic N) is 2. The smallest absolute Gasteiger partial charge is 0.258 e. The van der Waals surface area contributed by atoms with Crippen molar-refractivity contribution in [1.29, 1.82) is 0 Å². The predicted octanol–water partition coefficient (Wildman–Crippen LogP) is 2.82. The molecule has 0 radical (unpaired) electrons. The maximum Gasteiger partial charge on any atom is 0.285 e. The van der Waals surface area contributed by atoms with Gasteiger partial charge in [0.2, 0.25) is 0 Å². The minimum absolute atomic E-state index is 0.0381. The van der Waals surface area contributed by atoms with E-state index in [1.165, 1.54) is 18.0 Å². The zero-order valence-electron chi connectivity index (χ0n) is 7.73. The number of nitro groups is 1. The first-order chi connectivity index (χ1) is 6.50. The van der Waals surface area contributed by atoms with Crippen molar-refractivity contribution in [2.24, 2.45) is 0 Å². The molecule has 1 aromatic rings. The molecule has 0 fully saturated rings. The van der Waals surface area contributed by atoms with Gasteiger partial charge in [0, 0.05) is 11.1 Å². The summed E-state index contributed by atoms with van der Waals surface area (Å²) in [4.78, 5) is 10.8. The van der Waals surface area contributed by atoms with Crippen LogP contribution in [-0.2, 0) is 0 Å². The van der Waals surface area contributed by atoms with Gasteiger partial charge in [0.15, 0.2) is 0 Å². The molecule has 14 heavy (non-hydrogen) atoms. The Bertz CT molecular complexity index is 357. The van der Waals surface area contributed by atoms with Gasteiger partial charge < -0.3 is 0 Å². The monoisotopic (exact) mass is 232 g/mol. The van der Waals surface area contributed by atoms with Crippen molar-refractivity contribution in [2.45, 2.75) is 4.90 Å². The van der Waals surface area contributed by atoms with E-state index in [-0.39, 0.29) is 5.69 Å². The second-order valence-corrected chi connectivity index (χ2v) is 4.56. The Kier molecular flexibility index (Phi) is 3.74. The Labute approximate surface area is 91.1 Å². The Morgan fingerprint density at radius 3 is 2.64 bits per heavy atom. The minimum Gasteiger partial charge on any atom is -0.258 e. The largest absolute Gasteiger partial charge is 0.285 e. The van der Waals surface area contributed by atoms with Crippen molar-refractivity contribution in [3.63, 3.8) is 0 Å². The highest BCUT2D eigenvalue weighted by Gasteiger charge is 2.15. The van der Waals surface area contributed by atoms with Gasteiger partial charge in [-0.15, -0.1) is 0 Å². The Morgan fingerprint density at radius 2 is 2.14 bits per heavy atom. The Balaban J connectivity index is 3.08. The molecule has 0 atom stereocenters. The molecular formula is C8H9ClN2O2S. The van der Waals surface area contributed by atoms with Gasteiger partial charge in [-0.05, 0) is 38.2 Å². The number of hydrogen-bond acceptors (Lipinski definition) is 4. The highest BCUT2D eigenvalue weighted by atomic mass is 35.5. The van der Waals surface area contributed by atoms with E-state index in [4.69, 9.17) is 11.6 Å². The highest BCUT2D eigenvalue weighted by Crippen LogP contribution is 2.32. The van der Waals surface area contributed by atoms with Crippen LogP contribution < -0.4 is 0 Å². The predicted molar refractivity (Wildman–Crippen MR) is 57.7 cm³/mol. The summed E-state index contributed by atoms with van der Waals surface area (Å²) in [6.45, 7) is 0. The first-order valence-electron chi connectivity index (χ1n) is 3.80. The zero-order valence-corrected chi connectivity index (χ0v) is 9.30. The summed E-state index contributed by atoms with van der Waals surface area (Å²) in [7, 11) is 3.64. The molecule has 0 aliphatic heterocycles. The van der Waals surface area contributed by atoms with Crippen LogP contribution in [0.15, 0.2) is 23.1 Å². The summed E-state index contributed by atoms with van der Waals surface area (Å²) < 4.78 is 1.79. The Morgan fingerprint density at radius 1 is 1.50 bits per heavy atom. The number of nitro benzene ring substituents is 1. The fourth-order valence-corrected chi connectivity index (χ4v) is 1.82. The molecule has 0 bridgehead atoms.